The summed E-state index contributed by atoms with van der Waals surface area (Å²) in [5.41, 5.74) is 12.1. The summed E-state index contributed by atoms with van der Waals surface area (Å²) in [6, 6.07) is 98.3. The van der Waals surface area contributed by atoms with E-state index >= 15 is 0 Å². The summed E-state index contributed by atoms with van der Waals surface area (Å²) >= 11 is 0. The number of hydrogen-bond donors (Lipinski definition) is 0. The summed E-state index contributed by atoms with van der Waals surface area (Å²) in [6.45, 7) is 12.1. The molecule has 13 heteroatoms. The fraction of sp³-hybridized carbons (Fsp3) is 0.116. The topological polar surface area (TPSA) is 167 Å². The first-order valence-electron chi connectivity index (χ1n) is 35.5. The van der Waals surface area contributed by atoms with Crippen molar-refractivity contribution in [3.8, 4) is 28.7 Å². The van der Waals surface area contributed by atoms with Crippen LogP contribution in [0.25, 0.3) is 76.2 Å². The molecule has 0 aliphatic carbocycles. The van der Waals surface area contributed by atoms with Crippen molar-refractivity contribution in [3.05, 3.63) is 406 Å². The first-order valence-corrected chi connectivity index (χ1v) is 35.5. The van der Waals surface area contributed by atoms with Crippen molar-refractivity contribution in [1.82, 2.24) is 0 Å². The molecule has 0 bridgehead atoms. The summed E-state index contributed by atoms with van der Waals surface area (Å²) in [5, 5.41) is 10.7. The van der Waals surface area contributed by atoms with Gasteiger partial charge in [0.15, 0.2) is 0 Å². The lowest BCUT2D eigenvalue weighted by Gasteiger charge is -2.21. The van der Waals surface area contributed by atoms with E-state index in [1.165, 1.54) is 62.1 Å². The van der Waals surface area contributed by atoms with Crippen molar-refractivity contribution in [2.45, 2.75) is 66.5 Å². The van der Waals surface area contributed by atoms with Crippen LogP contribution in [0.5, 0.6) is 28.7 Å². The SMILES string of the molecule is COc1ccc(C(Oc2ccc3oc(=O)cc(C)c3c2)c2ccc(C)cc2)cc1.Cc1cc(=O)oc2cc(OC(C)c3ccc4ccccc4c3)ccc12.Cc1cc(=O)oc2cc(OCc3c4ccccc4cc4ccccc34)ccc12.Cc1cc(=O)oc2ccc(OC(c3ccccc3)c3ccccc3)cc12. The van der Waals surface area contributed by atoms with Crippen LogP contribution >= 0.6 is 0 Å². The number of hydrogen-bond acceptors (Lipinski definition) is 13. The molecule has 0 radical (unpaired) electrons. The third kappa shape index (κ3) is 16.7. The third-order valence-electron chi connectivity index (χ3n) is 19.0. The van der Waals surface area contributed by atoms with Crippen molar-refractivity contribution < 1.29 is 41.4 Å². The molecule has 17 rings (SSSR count). The predicted molar refractivity (Wildman–Crippen MR) is 430 cm³/mol. The summed E-state index contributed by atoms with van der Waals surface area (Å²) in [6.07, 6.45) is -0.612. The van der Waals surface area contributed by atoms with Gasteiger partial charge in [0.2, 0.25) is 0 Å². The van der Waals surface area contributed by atoms with Crippen LogP contribution in [-0.2, 0) is 6.61 Å². The van der Waals surface area contributed by atoms with Crippen LogP contribution in [0, 0.1) is 34.6 Å². The molecule has 13 nitrogen and oxygen atoms in total. The van der Waals surface area contributed by atoms with Gasteiger partial charge >= 0.3 is 22.5 Å². The highest BCUT2D eigenvalue weighted by atomic mass is 16.5. The second-order valence-electron chi connectivity index (χ2n) is 26.6. The maximum Gasteiger partial charge on any atom is 0.336 e. The molecule has 534 valence electrons. The van der Waals surface area contributed by atoms with E-state index in [4.69, 9.17) is 41.4 Å². The van der Waals surface area contributed by atoms with E-state index in [1.54, 1.807) is 31.4 Å². The minimum Gasteiger partial charge on any atom is -0.497 e. The van der Waals surface area contributed by atoms with Crippen molar-refractivity contribution in [3.63, 3.8) is 0 Å². The normalized spacial score (nSPS) is 11.7. The second kappa shape index (κ2) is 32.2. The molecule has 13 aromatic carbocycles. The number of rotatable bonds is 15. The van der Waals surface area contributed by atoms with E-state index in [0.29, 0.717) is 46.2 Å². The van der Waals surface area contributed by atoms with Crippen LogP contribution < -0.4 is 46.2 Å². The summed E-state index contributed by atoms with van der Waals surface area (Å²) < 4.78 is 51.5. The Bertz CT molecular complexity index is 6250. The molecule has 0 amide bonds. The van der Waals surface area contributed by atoms with Crippen LogP contribution in [0.15, 0.2) is 340 Å². The largest absolute Gasteiger partial charge is 0.497 e. The fourth-order valence-electron chi connectivity index (χ4n) is 13.4. The molecule has 108 heavy (non-hydrogen) atoms. The van der Waals surface area contributed by atoms with Gasteiger partial charge in [-0.2, -0.15) is 0 Å². The average molecular weight is 1430 g/mol. The lowest BCUT2D eigenvalue weighted by Crippen LogP contribution is -2.09. The average Bonchev–Trinajstić information content (AvgIpc) is 0.780. The highest BCUT2D eigenvalue weighted by Gasteiger charge is 2.20. The number of aryl methyl sites for hydroxylation is 5. The highest BCUT2D eigenvalue weighted by Crippen LogP contribution is 2.36. The third-order valence-corrected chi connectivity index (χ3v) is 19.0. The summed E-state index contributed by atoms with van der Waals surface area (Å²) in [7, 11) is 1.65. The standard InChI is InChI=1S/C25H22O4.C25H18O3.C23H18O3.C22H18O3/c1-16-4-6-18(7-5-16)25(19-8-10-20(27-3)11-9-19)28-21-12-13-23-22(15-21)17(2)14-24(26)29-23;1-16-12-25(26)28-24-14-19(10-11-20(16)24)27-15-23-21-8-4-2-6-17(21)13-18-7-3-5-9-22(18)23;1-16-14-22(24)26-21-13-12-19(15-20(16)21)25-23(17-8-4-2-5-9-17)18-10-6-3-7-11-18;1-14-11-22(23)25-21-13-19(9-10-20(14)21)24-15(2)17-8-7-16-5-3-4-6-18(16)12-17/h4-15,25H,1-3H3;2-14H,15H2,1H3;2-15,23H,1H3;3-13,15H,1-2H3. The first-order chi connectivity index (χ1) is 52.5. The fourth-order valence-corrected chi connectivity index (χ4v) is 13.4. The second-order valence-corrected chi connectivity index (χ2v) is 26.6. The Balaban J connectivity index is 0.000000121. The van der Waals surface area contributed by atoms with Crippen molar-refractivity contribution in [2.24, 2.45) is 0 Å². The van der Waals surface area contributed by atoms with Gasteiger partial charge in [0.05, 0.1) is 7.11 Å². The van der Waals surface area contributed by atoms with Crippen LogP contribution in [0.3, 0.4) is 0 Å². The number of methoxy groups -OCH3 is 1. The quantitative estimate of drug-likeness (QED) is 0.0703. The summed E-state index contributed by atoms with van der Waals surface area (Å²) in [4.78, 5) is 46.4. The molecule has 4 aromatic heterocycles. The lowest BCUT2D eigenvalue weighted by atomic mass is 9.97. The Morgan fingerprint density at radius 2 is 0.667 bits per heavy atom. The van der Waals surface area contributed by atoms with Crippen LogP contribution in [0.2, 0.25) is 0 Å². The van der Waals surface area contributed by atoms with Gasteiger partial charge in [0.1, 0.15) is 76.0 Å². The molecule has 0 spiro atoms. The van der Waals surface area contributed by atoms with E-state index in [0.717, 1.165) is 88.7 Å². The number of benzene rings is 13. The Morgan fingerprint density at radius 3 is 1.17 bits per heavy atom. The molecule has 0 fully saturated rings. The molecule has 17 aromatic rings. The molecule has 0 aliphatic rings. The Hall–Kier alpha value is -13.5. The van der Waals surface area contributed by atoms with Gasteiger partial charge in [-0.25, -0.2) is 19.2 Å². The highest BCUT2D eigenvalue weighted by molar-refractivity contribution is 6.02. The van der Waals surface area contributed by atoms with E-state index in [9.17, 15) is 19.2 Å². The van der Waals surface area contributed by atoms with E-state index in [1.807, 2.05) is 168 Å². The van der Waals surface area contributed by atoms with Gasteiger partial charge in [-0.15, -0.1) is 0 Å². The maximum absolute atomic E-state index is 11.7. The van der Waals surface area contributed by atoms with Crippen LogP contribution in [-0.4, -0.2) is 7.11 Å². The zero-order valence-electron chi connectivity index (χ0n) is 60.6. The number of ether oxygens (including phenoxy) is 5. The monoisotopic (exact) mass is 1420 g/mol. The number of fused-ring (bicyclic) bond motifs is 7. The van der Waals surface area contributed by atoms with Crippen molar-refractivity contribution in [1.29, 1.82) is 0 Å². The molecule has 0 saturated carbocycles. The van der Waals surface area contributed by atoms with Crippen LogP contribution in [0.1, 0.15) is 86.4 Å². The predicted octanol–water partition coefficient (Wildman–Crippen LogP) is 22.2. The Kier molecular flexibility index (Phi) is 21.3. The van der Waals surface area contributed by atoms with E-state index < -0.39 is 0 Å². The van der Waals surface area contributed by atoms with Gasteiger partial charge in [0, 0.05) is 63.5 Å². The van der Waals surface area contributed by atoms with Gasteiger partial charge in [0.25, 0.3) is 0 Å². The Labute approximate surface area is 622 Å². The van der Waals surface area contributed by atoms with Crippen LogP contribution in [0.4, 0.5) is 0 Å². The van der Waals surface area contributed by atoms with Gasteiger partial charge < -0.3 is 41.4 Å². The molecular weight excluding hydrogens is 1350 g/mol. The zero-order valence-corrected chi connectivity index (χ0v) is 60.6. The smallest absolute Gasteiger partial charge is 0.336 e. The molecule has 2 unspecified atom stereocenters. The maximum atomic E-state index is 11.7. The van der Waals surface area contributed by atoms with Gasteiger partial charge in [-0.05, 0) is 209 Å². The van der Waals surface area contributed by atoms with E-state index in [2.05, 4.69) is 128 Å². The van der Waals surface area contributed by atoms with Crippen molar-refractivity contribution in [2.75, 3.05) is 7.11 Å². The van der Waals surface area contributed by atoms with Crippen molar-refractivity contribution >= 4 is 76.2 Å². The molecule has 0 saturated heterocycles. The zero-order chi connectivity index (χ0) is 74.8. The summed E-state index contributed by atoms with van der Waals surface area (Å²) in [5.74, 6) is 3.59. The minimum absolute atomic E-state index is 0.112. The van der Waals surface area contributed by atoms with Gasteiger partial charge in [-0.1, -0.05) is 188 Å². The van der Waals surface area contributed by atoms with Gasteiger partial charge in [-0.3, -0.25) is 0 Å². The minimum atomic E-state index is -0.348. The van der Waals surface area contributed by atoms with E-state index in [-0.39, 0.29) is 40.8 Å². The Morgan fingerprint density at radius 1 is 0.287 bits per heavy atom. The molecule has 2 atom stereocenters. The molecule has 0 aliphatic heterocycles. The molecule has 4 heterocycles. The lowest BCUT2D eigenvalue weighted by molar-refractivity contribution is 0.227. The molecule has 0 N–H and O–H groups in total. The molecular formula is C95H76O13. The first kappa shape index (κ1) is 71.5.